The first kappa shape index (κ1) is 30.1. The van der Waals surface area contributed by atoms with Gasteiger partial charge in [-0.3, -0.25) is 13.9 Å². The molecule has 0 unspecified atom stereocenters. The predicted octanol–water partition coefficient (Wildman–Crippen LogP) is 4.98. The maximum absolute atomic E-state index is 14.1. The van der Waals surface area contributed by atoms with Crippen molar-refractivity contribution in [2.45, 2.75) is 70.0 Å². The molecular formula is C32H39N3O5S. The molecule has 0 saturated heterocycles. The number of carbonyl (C=O) groups excluding carboxylic acids is 2. The topological polar surface area (TPSA) is 96.0 Å². The zero-order valence-corrected chi connectivity index (χ0v) is 25.0. The summed E-state index contributed by atoms with van der Waals surface area (Å²) in [5.74, 6) is -0.111. The smallest absolute Gasteiger partial charge is 0.264 e. The van der Waals surface area contributed by atoms with Crippen LogP contribution >= 0.6 is 0 Å². The standard InChI is InChI=1S/C32H39N3O5S/c1-23-17-18-30(24(2)19-23)35(41(38,39)29-15-6-5-7-16-29)22-31(36)34(21-26-11-10-14-28(20-26)40-4)25(3)32(37)33-27-12-8-9-13-27/h5-7,10-11,14-20,25,27H,8-9,12-13,21-22H2,1-4H3,(H,33,37)/t25-/m0/s1. The Bertz CT molecular complexity index is 1470. The van der Waals surface area contributed by atoms with Crippen LogP contribution in [0.4, 0.5) is 5.69 Å². The third kappa shape index (κ3) is 7.27. The third-order valence-corrected chi connectivity index (χ3v) is 9.36. The molecule has 1 aliphatic rings. The molecule has 3 aromatic carbocycles. The molecule has 1 saturated carbocycles. The number of aryl methyl sites for hydroxylation is 2. The molecule has 0 radical (unpaired) electrons. The summed E-state index contributed by atoms with van der Waals surface area (Å²) in [5.41, 5.74) is 2.88. The number of nitrogens with zero attached hydrogens (tertiary/aromatic N) is 2. The summed E-state index contributed by atoms with van der Waals surface area (Å²) < 4.78 is 34.4. The number of amides is 2. The van der Waals surface area contributed by atoms with E-state index in [2.05, 4.69) is 5.32 Å². The lowest BCUT2D eigenvalue weighted by atomic mass is 10.1. The summed E-state index contributed by atoms with van der Waals surface area (Å²) >= 11 is 0. The second-order valence-corrected chi connectivity index (χ2v) is 12.5. The normalized spacial score (nSPS) is 14.3. The summed E-state index contributed by atoms with van der Waals surface area (Å²) in [4.78, 5) is 29.0. The SMILES string of the molecule is COc1cccc(CN(C(=O)CN(c2ccc(C)cc2C)S(=O)(=O)c2ccccc2)[C@@H](C)C(=O)NC2CCCC2)c1. The van der Waals surface area contributed by atoms with Crippen molar-refractivity contribution in [2.24, 2.45) is 0 Å². The molecule has 2 amide bonds. The van der Waals surface area contributed by atoms with Gasteiger partial charge in [-0.15, -0.1) is 0 Å². The number of hydrogen-bond donors (Lipinski definition) is 1. The Hall–Kier alpha value is -3.85. The molecule has 8 nitrogen and oxygen atoms in total. The summed E-state index contributed by atoms with van der Waals surface area (Å²) in [5, 5.41) is 3.09. The molecule has 218 valence electrons. The fourth-order valence-electron chi connectivity index (χ4n) is 5.26. The van der Waals surface area contributed by atoms with Crippen molar-refractivity contribution in [1.82, 2.24) is 10.2 Å². The summed E-state index contributed by atoms with van der Waals surface area (Å²) in [6, 6.07) is 20.1. The minimum atomic E-state index is -4.10. The van der Waals surface area contributed by atoms with Crippen LogP contribution in [-0.2, 0) is 26.2 Å². The fourth-order valence-corrected chi connectivity index (χ4v) is 6.76. The Labute approximate surface area is 243 Å². The van der Waals surface area contributed by atoms with Crippen LogP contribution in [0.25, 0.3) is 0 Å². The fraction of sp³-hybridized carbons (Fsp3) is 0.375. The van der Waals surface area contributed by atoms with E-state index in [9.17, 15) is 18.0 Å². The molecule has 0 heterocycles. The lowest BCUT2D eigenvalue weighted by molar-refractivity contribution is -0.139. The van der Waals surface area contributed by atoms with Crippen LogP contribution in [0.2, 0.25) is 0 Å². The molecule has 3 aromatic rings. The quantitative estimate of drug-likeness (QED) is 0.347. The molecule has 1 atom stereocenters. The number of nitrogens with one attached hydrogen (secondary N) is 1. The van der Waals surface area contributed by atoms with Crippen LogP contribution in [0, 0.1) is 13.8 Å². The summed E-state index contributed by atoms with van der Waals surface area (Å²) in [6.07, 6.45) is 3.96. The van der Waals surface area contributed by atoms with Gasteiger partial charge in [-0.1, -0.05) is 60.9 Å². The van der Waals surface area contributed by atoms with Crippen LogP contribution in [0.5, 0.6) is 5.75 Å². The first-order chi connectivity index (χ1) is 19.6. The van der Waals surface area contributed by atoms with E-state index in [1.54, 1.807) is 44.4 Å². The lowest BCUT2D eigenvalue weighted by Gasteiger charge is -2.33. The van der Waals surface area contributed by atoms with Gasteiger partial charge in [0.05, 0.1) is 17.7 Å². The van der Waals surface area contributed by atoms with E-state index >= 15 is 0 Å². The molecular weight excluding hydrogens is 538 g/mol. The van der Waals surface area contributed by atoms with Crippen molar-refractivity contribution >= 4 is 27.5 Å². The van der Waals surface area contributed by atoms with Gasteiger partial charge in [0.25, 0.3) is 10.0 Å². The van der Waals surface area contributed by atoms with E-state index in [0.29, 0.717) is 11.4 Å². The molecule has 0 spiro atoms. The maximum atomic E-state index is 14.1. The average Bonchev–Trinajstić information content (AvgIpc) is 3.48. The molecule has 1 N–H and O–H groups in total. The van der Waals surface area contributed by atoms with Crippen molar-refractivity contribution in [3.63, 3.8) is 0 Å². The van der Waals surface area contributed by atoms with Crippen LogP contribution in [0.15, 0.2) is 77.7 Å². The lowest BCUT2D eigenvalue weighted by Crippen LogP contribution is -2.52. The second-order valence-electron chi connectivity index (χ2n) is 10.7. The Morgan fingerprint density at radius 3 is 2.34 bits per heavy atom. The van der Waals surface area contributed by atoms with Gasteiger partial charge in [0, 0.05) is 12.6 Å². The molecule has 1 fully saturated rings. The Kier molecular flexibility index (Phi) is 9.70. The van der Waals surface area contributed by atoms with Gasteiger partial charge in [-0.2, -0.15) is 0 Å². The highest BCUT2D eigenvalue weighted by atomic mass is 32.2. The van der Waals surface area contributed by atoms with Crippen LogP contribution in [0.3, 0.4) is 0 Å². The molecule has 0 aromatic heterocycles. The molecule has 9 heteroatoms. The molecule has 4 rings (SSSR count). The van der Waals surface area contributed by atoms with Gasteiger partial charge in [-0.05, 0) is 75.1 Å². The number of carbonyl (C=O) groups is 2. The van der Waals surface area contributed by atoms with Gasteiger partial charge >= 0.3 is 0 Å². The first-order valence-corrected chi connectivity index (χ1v) is 15.4. The number of hydrogen-bond acceptors (Lipinski definition) is 5. The monoisotopic (exact) mass is 577 g/mol. The van der Waals surface area contributed by atoms with E-state index in [0.717, 1.165) is 46.7 Å². The minimum Gasteiger partial charge on any atom is -0.497 e. The third-order valence-electron chi connectivity index (χ3n) is 7.59. The summed E-state index contributed by atoms with van der Waals surface area (Å²) in [7, 11) is -2.54. The molecule has 1 aliphatic carbocycles. The van der Waals surface area contributed by atoms with Crippen molar-refractivity contribution in [3.8, 4) is 5.75 Å². The second kappa shape index (κ2) is 13.2. The minimum absolute atomic E-state index is 0.0825. The Balaban J connectivity index is 1.71. The van der Waals surface area contributed by atoms with Crippen LogP contribution < -0.4 is 14.4 Å². The van der Waals surface area contributed by atoms with Crippen molar-refractivity contribution in [1.29, 1.82) is 0 Å². The number of benzene rings is 3. The number of methoxy groups -OCH3 is 1. The number of anilines is 1. The van der Waals surface area contributed by atoms with E-state index < -0.39 is 28.5 Å². The van der Waals surface area contributed by atoms with Crippen molar-refractivity contribution in [3.05, 3.63) is 89.5 Å². The zero-order chi connectivity index (χ0) is 29.6. The number of sulfonamides is 1. The highest BCUT2D eigenvalue weighted by molar-refractivity contribution is 7.92. The zero-order valence-electron chi connectivity index (χ0n) is 24.2. The van der Waals surface area contributed by atoms with Crippen molar-refractivity contribution < 1.29 is 22.7 Å². The maximum Gasteiger partial charge on any atom is 0.264 e. The van der Waals surface area contributed by atoms with Crippen molar-refractivity contribution in [2.75, 3.05) is 18.0 Å². The predicted molar refractivity (Wildman–Crippen MR) is 160 cm³/mol. The summed E-state index contributed by atoms with van der Waals surface area (Å²) in [6.45, 7) is 5.09. The van der Waals surface area contributed by atoms with Gasteiger partial charge in [0.15, 0.2) is 0 Å². The van der Waals surface area contributed by atoms with Gasteiger partial charge in [-0.25, -0.2) is 8.42 Å². The molecule has 41 heavy (non-hydrogen) atoms. The number of ether oxygens (including phenoxy) is 1. The van der Waals surface area contributed by atoms with E-state index in [-0.39, 0.29) is 23.4 Å². The largest absolute Gasteiger partial charge is 0.497 e. The first-order valence-electron chi connectivity index (χ1n) is 14.0. The Morgan fingerprint density at radius 2 is 1.68 bits per heavy atom. The van der Waals surface area contributed by atoms with Gasteiger partial charge in [0.2, 0.25) is 11.8 Å². The van der Waals surface area contributed by atoms with Gasteiger partial charge < -0.3 is 15.0 Å². The van der Waals surface area contributed by atoms with Gasteiger partial charge in [0.1, 0.15) is 18.3 Å². The number of rotatable bonds is 11. The van der Waals surface area contributed by atoms with E-state index in [1.807, 2.05) is 44.2 Å². The average molecular weight is 578 g/mol. The highest BCUT2D eigenvalue weighted by Gasteiger charge is 2.33. The highest BCUT2D eigenvalue weighted by Crippen LogP contribution is 2.28. The Morgan fingerprint density at radius 1 is 0.976 bits per heavy atom. The van der Waals surface area contributed by atoms with E-state index in [4.69, 9.17) is 4.74 Å². The molecule has 0 bridgehead atoms. The molecule has 0 aliphatic heterocycles. The van der Waals surface area contributed by atoms with Crippen LogP contribution in [-0.4, -0.2) is 50.9 Å². The van der Waals surface area contributed by atoms with E-state index in [1.165, 1.54) is 17.0 Å². The van der Waals surface area contributed by atoms with Crippen LogP contribution in [0.1, 0.15) is 49.3 Å².